The standard InChI is InChI=1S/C18H24N2O3/c1-13(15-9-10-22-12-15)20-16-8-6-5-7-14(16)11-19-17(21)23-18(2,3)4/h5-10,12-13,20H,11H2,1-4H3,(H,19,21). The van der Waals surface area contributed by atoms with Crippen LogP contribution in [0.2, 0.25) is 0 Å². The van der Waals surface area contributed by atoms with Gasteiger partial charge in [0.25, 0.3) is 0 Å². The van der Waals surface area contributed by atoms with Crippen molar-refractivity contribution in [3.63, 3.8) is 0 Å². The minimum Gasteiger partial charge on any atom is -0.472 e. The molecule has 0 saturated heterocycles. The first-order valence-electron chi connectivity index (χ1n) is 7.68. The molecule has 124 valence electrons. The zero-order chi connectivity index (χ0) is 16.9. The van der Waals surface area contributed by atoms with E-state index in [-0.39, 0.29) is 6.04 Å². The van der Waals surface area contributed by atoms with Crippen LogP contribution in [0.5, 0.6) is 0 Å². The second-order valence-electron chi connectivity index (χ2n) is 6.44. The number of amides is 1. The van der Waals surface area contributed by atoms with Gasteiger partial charge in [-0.25, -0.2) is 4.79 Å². The average molecular weight is 316 g/mol. The van der Waals surface area contributed by atoms with Gasteiger partial charge in [0.15, 0.2) is 0 Å². The van der Waals surface area contributed by atoms with Crippen LogP contribution < -0.4 is 10.6 Å². The summed E-state index contributed by atoms with van der Waals surface area (Å²) in [6.07, 6.45) is 2.96. The number of para-hydroxylation sites is 1. The fourth-order valence-electron chi connectivity index (χ4n) is 2.13. The van der Waals surface area contributed by atoms with Crippen molar-refractivity contribution < 1.29 is 13.9 Å². The predicted molar refractivity (Wildman–Crippen MR) is 90.3 cm³/mol. The van der Waals surface area contributed by atoms with E-state index in [2.05, 4.69) is 17.6 Å². The Labute approximate surface area is 137 Å². The van der Waals surface area contributed by atoms with Gasteiger partial charge in [0, 0.05) is 17.8 Å². The lowest BCUT2D eigenvalue weighted by molar-refractivity contribution is 0.0523. The van der Waals surface area contributed by atoms with Crippen LogP contribution in [-0.2, 0) is 11.3 Å². The SMILES string of the molecule is CC(Nc1ccccc1CNC(=O)OC(C)(C)C)c1ccoc1. The number of rotatable bonds is 5. The Morgan fingerprint density at radius 1 is 1.26 bits per heavy atom. The van der Waals surface area contributed by atoms with E-state index in [4.69, 9.17) is 9.15 Å². The molecule has 1 heterocycles. The highest BCUT2D eigenvalue weighted by molar-refractivity contribution is 5.68. The van der Waals surface area contributed by atoms with E-state index >= 15 is 0 Å². The van der Waals surface area contributed by atoms with Gasteiger partial charge in [0.05, 0.1) is 18.6 Å². The van der Waals surface area contributed by atoms with E-state index < -0.39 is 11.7 Å². The molecule has 1 atom stereocenters. The quantitative estimate of drug-likeness (QED) is 0.854. The summed E-state index contributed by atoms with van der Waals surface area (Å²) in [5.74, 6) is 0. The lowest BCUT2D eigenvalue weighted by atomic mass is 10.1. The molecule has 0 aliphatic carbocycles. The van der Waals surface area contributed by atoms with Gasteiger partial charge in [-0.05, 0) is 45.4 Å². The Kier molecular flexibility index (Phi) is 5.32. The normalized spacial score (nSPS) is 12.5. The van der Waals surface area contributed by atoms with Crippen molar-refractivity contribution in [2.24, 2.45) is 0 Å². The van der Waals surface area contributed by atoms with Crippen LogP contribution in [0, 0.1) is 0 Å². The lowest BCUT2D eigenvalue weighted by Gasteiger charge is -2.21. The highest BCUT2D eigenvalue weighted by atomic mass is 16.6. The zero-order valence-electron chi connectivity index (χ0n) is 14.1. The number of hydrogen-bond donors (Lipinski definition) is 2. The lowest BCUT2D eigenvalue weighted by Crippen LogP contribution is -2.32. The molecule has 0 bridgehead atoms. The van der Waals surface area contributed by atoms with Gasteiger partial charge in [-0.15, -0.1) is 0 Å². The van der Waals surface area contributed by atoms with Crippen molar-refractivity contribution in [3.8, 4) is 0 Å². The van der Waals surface area contributed by atoms with E-state index in [9.17, 15) is 4.79 Å². The molecule has 1 aromatic carbocycles. The predicted octanol–water partition coefficient (Wildman–Crippen LogP) is 4.48. The Morgan fingerprint density at radius 3 is 2.65 bits per heavy atom. The van der Waals surface area contributed by atoms with Crippen molar-refractivity contribution in [2.75, 3.05) is 5.32 Å². The first kappa shape index (κ1) is 16.9. The number of nitrogens with one attached hydrogen (secondary N) is 2. The average Bonchev–Trinajstić information content (AvgIpc) is 2.99. The minimum atomic E-state index is -0.502. The third-order valence-corrected chi connectivity index (χ3v) is 3.25. The maximum atomic E-state index is 11.8. The summed E-state index contributed by atoms with van der Waals surface area (Å²) in [7, 11) is 0. The number of anilines is 1. The van der Waals surface area contributed by atoms with Gasteiger partial charge in [-0.2, -0.15) is 0 Å². The Balaban J connectivity index is 1.99. The maximum Gasteiger partial charge on any atom is 0.407 e. The van der Waals surface area contributed by atoms with Crippen LogP contribution in [0.25, 0.3) is 0 Å². The zero-order valence-corrected chi connectivity index (χ0v) is 14.1. The number of alkyl carbamates (subject to hydrolysis) is 1. The van der Waals surface area contributed by atoms with Gasteiger partial charge < -0.3 is 19.8 Å². The molecular formula is C18H24N2O3. The highest BCUT2D eigenvalue weighted by Gasteiger charge is 2.16. The van der Waals surface area contributed by atoms with Gasteiger partial charge in [-0.3, -0.25) is 0 Å². The van der Waals surface area contributed by atoms with Gasteiger partial charge in [-0.1, -0.05) is 18.2 Å². The molecule has 5 nitrogen and oxygen atoms in total. The molecule has 2 N–H and O–H groups in total. The highest BCUT2D eigenvalue weighted by Crippen LogP contribution is 2.22. The van der Waals surface area contributed by atoms with E-state index in [1.165, 1.54) is 0 Å². The number of benzene rings is 1. The van der Waals surface area contributed by atoms with Crippen LogP contribution >= 0.6 is 0 Å². The number of carbonyl (C=O) groups excluding carboxylic acids is 1. The fourth-order valence-corrected chi connectivity index (χ4v) is 2.13. The van der Waals surface area contributed by atoms with Crippen LogP contribution in [0.15, 0.2) is 47.3 Å². The van der Waals surface area contributed by atoms with Crippen molar-refractivity contribution in [1.29, 1.82) is 0 Å². The Bertz CT molecular complexity index is 630. The summed E-state index contributed by atoms with van der Waals surface area (Å²) in [5, 5.41) is 6.22. The smallest absolute Gasteiger partial charge is 0.407 e. The Hall–Kier alpha value is -2.43. The largest absolute Gasteiger partial charge is 0.472 e. The maximum absolute atomic E-state index is 11.8. The first-order valence-corrected chi connectivity index (χ1v) is 7.68. The molecule has 0 aliphatic heterocycles. The van der Waals surface area contributed by atoms with Gasteiger partial charge >= 0.3 is 6.09 Å². The summed E-state index contributed by atoms with van der Waals surface area (Å²) in [5.41, 5.74) is 2.53. The number of furan rings is 1. The summed E-state index contributed by atoms with van der Waals surface area (Å²) < 4.78 is 10.4. The van der Waals surface area contributed by atoms with Gasteiger partial charge in [0.1, 0.15) is 5.60 Å². The third kappa shape index (κ3) is 5.36. The molecule has 0 spiro atoms. The molecule has 2 rings (SSSR count). The number of carbonyl (C=O) groups is 1. The molecular weight excluding hydrogens is 292 g/mol. The third-order valence-electron chi connectivity index (χ3n) is 3.25. The summed E-state index contributed by atoms with van der Waals surface area (Å²) in [6, 6.07) is 9.90. The summed E-state index contributed by atoms with van der Waals surface area (Å²) in [4.78, 5) is 11.8. The minimum absolute atomic E-state index is 0.108. The molecule has 0 fully saturated rings. The van der Waals surface area contributed by atoms with Crippen molar-refractivity contribution in [2.45, 2.75) is 45.9 Å². The van der Waals surface area contributed by atoms with E-state index in [0.29, 0.717) is 6.54 Å². The monoisotopic (exact) mass is 316 g/mol. The molecule has 0 saturated carbocycles. The fraction of sp³-hybridized carbons (Fsp3) is 0.389. The molecule has 0 aliphatic rings. The van der Waals surface area contributed by atoms with Crippen molar-refractivity contribution in [1.82, 2.24) is 5.32 Å². The second kappa shape index (κ2) is 7.22. The van der Waals surface area contributed by atoms with Crippen molar-refractivity contribution >= 4 is 11.8 Å². The molecule has 2 aromatic rings. The molecule has 23 heavy (non-hydrogen) atoms. The van der Waals surface area contributed by atoms with Crippen molar-refractivity contribution in [3.05, 3.63) is 54.0 Å². The number of ether oxygens (including phenoxy) is 1. The molecule has 1 aromatic heterocycles. The van der Waals surface area contributed by atoms with Crippen LogP contribution in [0.4, 0.5) is 10.5 Å². The summed E-state index contributed by atoms with van der Waals surface area (Å²) in [6.45, 7) is 7.98. The second-order valence-corrected chi connectivity index (χ2v) is 6.44. The topological polar surface area (TPSA) is 63.5 Å². The Morgan fingerprint density at radius 2 is 2.00 bits per heavy atom. The van der Waals surface area contributed by atoms with Crippen LogP contribution in [0.3, 0.4) is 0 Å². The molecule has 1 unspecified atom stereocenters. The van der Waals surface area contributed by atoms with E-state index in [1.807, 2.05) is 51.1 Å². The first-order chi connectivity index (χ1) is 10.8. The molecule has 1 amide bonds. The van der Waals surface area contributed by atoms with Crippen LogP contribution in [-0.4, -0.2) is 11.7 Å². The summed E-state index contributed by atoms with van der Waals surface area (Å²) >= 11 is 0. The molecule has 5 heteroatoms. The van der Waals surface area contributed by atoms with E-state index in [0.717, 1.165) is 16.8 Å². The van der Waals surface area contributed by atoms with Gasteiger partial charge in [0.2, 0.25) is 0 Å². The van der Waals surface area contributed by atoms with Crippen LogP contribution in [0.1, 0.15) is 44.9 Å². The number of hydrogen-bond acceptors (Lipinski definition) is 4. The molecule has 0 radical (unpaired) electrons. The van der Waals surface area contributed by atoms with E-state index in [1.54, 1.807) is 12.5 Å².